The van der Waals surface area contributed by atoms with E-state index in [9.17, 15) is 0 Å². The zero-order valence-corrected chi connectivity index (χ0v) is 27.5. The highest BCUT2D eigenvalue weighted by Gasteiger charge is 2.16. The molecule has 1 aromatic heterocycles. The average Bonchev–Trinajstić information content (AvgIpc) is 3.54. The van der Waals surface area contributed by atoms with Gasteiger partial charge in [-0.05, 0) is 94.0 Å². The number of hydrogen-bond donors (Lipinski definition) is 0. The topological polar surface area (TPSA) is 8.17 Å². The SMILES string of the molecule is c1ccc(-c2ccc(-c3ccc(N(c4ccc(-n5c6ccccc6c6ccccc65)cc4)c4cccc(-c5ccccc5)c4)cc3)cc2)cc1. The van der Waals surface area contributed by atoms with E-state index in [-0.39, 0.29) is 0 Å². The van der Waals surface area contributed by atoms with Crippen LogP contribution in [0.5, 0.6) is 0 Å². The number of aromatic nitrogens is 1. The molecule has 0 radical (unpaired) electrons. The minimum absolute atomic E-state index is 1.10. The van der Waals surface area contributed by atoms with Crippen molar-refractivity contribution in [2.45, 2.75) is 0 Å². The molecule has 0 fully saturated rings. The molecule has 0 N–H and O–H groups in total. The molecule has 0 bridgehead atoms. The number of fused-ring (bicyclic) bond motifs is 3. The van der Waals surface area contributed by atoms with Gasteiger partial charge in [-0.3, -0.25) is 0 Å². The maximum Gasteiger partial charge on any atom is 0.0541 e. The first-order valence-corrected chi connectivity index (χ1v) is 17.1. The van der Waals surface area contributed by atoms with Crippen LogP contribution in [0.25, 0.3) is 60.9 Å². The van der Waals surface area contributed by atoms with Gasteiger partial charge < -0.3 is 9.47 Å². The smallest absolute Gasteiger partial charge is 0.0541 e. The van der Waals surface area contributed by atoms with E-state index >= 15 is 0 Å². The number of rotatable bonds is 7. The van der Waals surface area contributed by atoms with Gasteiger partial charge in [0.25, 0.3) is 0 Å². The van der Waals surface area contributed by atoms with Gasteiger partial charge >= 0.3 is 0 Å². The average molecular weight is 639 g/mol. The van der Waals surface area contributed by atoms with Gasteiger partial charge in [0, 0.05) is 33.5 Å². The highest BCUT2D eigenvalue weighted by molar-refractivity contribution is 6.09. The molecule has 0 aliphatic carbocycles. The first-order valence-electron chi connectivity index (χ1n) is 17.1. The molecule has 1 heterocycles. The number of benzene rings is 8. The summed E-state index contributed by atoms with van der Waals surface area (Å²) >= 11 is 0. The van der Waals surface area contributed by atoms with E-state index in [2.05, 4.69) is 216 Å². The summed E-state index contributed by atoms with van der Waals surface area (Å²) < 4.78 is 2.37. The second-order valence-corrected chi connectivity index (χ2v) is 12.6. The highest BCUT2D eigenvalue weighted by atomic mass is 15.1. The Morgan fingerprint density at radius 2 is 0.680 bits per heavy atom. The molecule has 0 spiro atoms. The maximum absolute atomic E-state index is 2.37. The van der Waals surface area contributed by atoms with Crippen molar-refractivity contribution in [3.8, 4) is 39.1 Å². The first kappa shape index (κ1) is 29.5. The van der Waals surface area contributed by atoms with E-state index < -0.39 is 0 Å². The van der Waals surface area contributed by atoms with Crippen LogP contribution >= 0.6 is 0 Å². The lowest BCUT2D eigenvalue weighted by atomic mass is 10.00. The van der Waals surface area contributed by atoms with E-state index in [1.165, 1.54) is 55.2 Å². The van der Waals surface area contributed by atoms with Crippen molar-refractivity contribution < 1.29 is 0 Å². The molecule has 0 saturated heterocycles. The molecule has 2 nitrogen and oxygen atoms in total. The number of anilines is 3. The van der Waals surface area contributed by atoms with Gasteiger partial charge in [0.15, 0.2) is 0 Å². The monoisotopic (exact) mass is 638 g/mol. The minimum atomic E-state index is 1.10. The lowest BCUT2D eigenvalue weighted by Gasteiger charge is -2.26. The molecular formula is C48H34N2. The van der Waals surface area contributed by atoms with Crippen molar-refractivity contribution in [3.05, 3.63) is 206 Å². The van der Waals surface area contributed by atoms with Gasteiger partial charge in [0.05, 0.1) is 11.0 Å². The Morgan fingerprint density at radius 1 is 0.280 bits per heavy atom. The lowest BCUT2D eigenvalue weighted by Crippen LogP contribution is -2.10. The van der Waals surface area contributed by atoms with Crippen LogP contribution in [0, 0.1) is 0 Å². The number of hydrogen-bond acceptors (Lipinski definition) is 1. The minimum Gasteiger partial charge on any atom is -0.310 e. The molecule has 8 aromatic carbocycles. The van der Waals surface area contributed by atoms with E-state index in [0.29, 0.717) is 0 Å². The molecular weight excluding hydrogens is 605 g/mol. The summed E-state index contributed by atoms with van der Waals surface area (Å²) in [4.78, 5) is 2.35. The molecule has 9 aromatic rings. The largest absolute Gasteiger partial charge is 0.310 e. The zero-order valence-electron chi connectivity index (χ0n) is 27.5. The third-order valence-electron chi connectivity index (χ3n) is 9.61. The van der Waals surface area contributed by atoms with Crippen LogP contribution in [0.4, 0.5) is 17.1 Å². The standard InChI is InChI=1S/C48H34N2/c1-3-12-35(13-4-1)37-22-24-38(25-23-37)39-26-28-41(29-27-39)49(44-17-11-16-40(34-44)36-14-5-2-6-15-36)42-30-32-43(33-31-42)50-47-20-9-7-18-45(47)46-19-8-10-21-48(46)50/h1-34H. The van der Waals surface area contributed by atoms with Crippen molar-refractivity contribution in [1.29, 1.82) is 0 Å². The third-order valence-corrected chi connectivity index (χ3v) is 9.61. The maximum atomic E-state index is 2.37. The number of nitrogens with zero attached hydrogens (tertiary/aromatic N) is 2. The molecule has 50 heavy (non-hydrogen) atoms. The predicted molar refractivity (Wildman–Crippen MR) is 212 cm³/mol. The van der Waals surface area contributed by atoms with Gasteiger partial charge in [-0.15, -0.1) is 0 Å². The molecule has 0 amide bonds. The van der Waals surface area contributed by atoms with E-state index in [1.807, 2.05) is 0 Å². The van der Waals surface area contributed by atoms with Crippen LogP contribution < -0.4 is 4.90 Å². The van der Waals surface area contributed by atoms with Gasteiger partial charge in [0.2, 0.25) is 0 Å². The predicted octanol–water partition coefficient (Wildman–Crippen LogP) is 13.3. The Bertz CT molecular complexity index is 2490. The fraction of sp³-hybridized carbons (Fsp3) is 0. The van der Waals surface area contributed by atoms with Crippen LogP contribution in [0.3, 0.4) is 0 Å². The summed E-state index contributed by atoms with van der Waals surface area (Å²) in [6.07, 6.45) is 0. The van der Waals surface area contributed by atoms with E-state index in [0.717, 1.165) is 22.7 Å². The second-order valence-electron chi connectivity index (χ2n) is 12.6. The Hall–Kier alpha value is -6.64. The van der Waals surface area contributed by atoms with Gasteiger partial charge in [0.1, 0.15) is 0 Å². The number of para-hydroxylation sites is 2. The Labute approximate surface area is 292 Å². The van der Waals surface area contributed by atoms with Crippen molar-refractivity contribution in [1.82, 2.24) is 4.57 Å². The van der Waals surface area contributed by atoms with Crippen molar-refractivity contribution in [2.75, 3.05) is 4.90 Å². The molecule has 0 saturated carbocycles. The van der Waals surface area contributed by atoms with Crippen LogP contribution in [0.15, 0.2) is 206 Å². The summed E-state index contributed by atoms with van der Waals surface area (Å²) in [6.45, 7) is 0. The van der Waals surface area contributed by atoms with Crippen LogP contribution in [0.1, 0.15) is 0 Å². The molecule has 0 aliphatic heterocycles. The Morgan fingerprint density at radius 3 is 1.22 bits per heavy atom. The molecule has 236 valence electrons. The van der Waals surface area contributed by atoms with Crippen LogP contribution in [-0.2, 0) is 0 Å². The van der Waals surface area contributed by atoms with Crippen molar-refractivity contribution in [3.63, 3.8) is 0 Å². The summed E-state index contributed by atoms with van der Waals surface area (Å²) in [7, 11) is 0. The summed E-state index contributed by atoms with van der Waals surface area (Å²) in [5.74, 6) is 0. The third kappa shape index (κ3) is 5.43. The zero-order chi connectivity index (χ0) is 33.3. The van der Waals surface area contributed by atoms with Crippen LogP contribution in [-0.4, -0.2) is 4.57 Å². The molecule has 0 unspecified atom stereocenters. The van der Waals surface area contributed by atoms with Gasteiger partial charge in [-0.25, -0.2) is 0 Å². The highest BCUT2D eigenvalue weighted by Crippen LogP contribution is 2.39. The molecule has 0 aliphatic rings. The quantitative estimate of drug-likeness (QED) is 0.169. The molecule has 0 atom stereocenters. The second kappa shape index (κ2) is 12.8. The molecule has 9 rings (SSSR count). The summed E-state index contributed by atoms with van der Waals surface area (Å²) in [6, 6.07) is 74.0. The van der Waals surface area contributed by atoms with Crippen molar-refractivity contribution in [2.24, 2.45) is 0 Å². The van der Waals surface area contributed by atoms with Gasteiger partial charge in [-0.2, -0.15) is 0 Å². The molecule has 2 heteroatoms. The fourth-order valence-electron chi connectivity index (χ4n) is 7.14. The fourth-order valence-corrected chi connectivity index (χ4v) is 7.14. The Kier molecular flexibility index (Phi) is 7.53. The summed E-state index contributed by atoms with van der Waals surface area (Å²) in [5, 5.41) is 2.53. The van der Waals surface area contributed by atoms with Gasteiger partial charge in [-0.1, -0.05) is 146 Å². The van der Waals surface area contributed by atoms with E-state index in [4.69, 9.17) is 0 Å². The lowest BCUT2D eigenvalue weighted by molar-refractivity contribution is 1.17. The van der Waals surface area contributed by atoms with Crippen LogP contribution in [0.2, 0.25) is 0 Å². The van der Waals surface area contributed by atoms with Crippen molar-refractivity contribution >= 4 is 38.9 Å². The van der Waals surface area contributed by atoms with E-state index in [1.54, 1.807) is 0 Å². The normalized spacial score (nSPS) is 11.2. The Balaban J connectivity index is 1.11. The summed E-state index contributed by atoms with van der Waals surface area (Å²) in [5.41, 5.74) is 14.1. The first-order chi connectivity index (χ1) is 24.8.